The van der Waals surface area contributed by atoms with Gasteiger partial charge in [-0.05, 0) is 87.8 Å². The van der Waals surface area contributed by atoms with E-state index < -0.39 is 22.8 Å². The van der Waals surface area contributed by atoms with Crippen LogP contribution in [0.15, 0.2) is 18.2 Å². The zero-order valence-electron chi connectivity index (χ0n) is 15.0. The van der Waals surface area contributed by atoms with Crippen molar-refractivity contribution in [2.45, 2.75) is 71.1 Å². The highest BCUT2D eigenvalue weighted by atomic mass is 16.4. The SMILES string of the molecule is Cc1cccc(CCCC2(C(=O)O)CC2)c1CCCC1(C(=O)O)CC1. The van der Waals surface area contributed by atoms with Gasteiger partial charge in [-0.15, -0.1) is 0 Å². The summed E-state index contributed by atoms with van der Waals surface area (Å²) in [7, 11) is 0. The van der Waals surface area contributed by atoms with Crippen LogP contribution in [0.25, 0.3) is 0 Å². The number of carbonyl (C=O) groups is 2. The van der Waals surface area contributed by atoms with E-state index in [0.717, 1.165) is 64.2 Å². The van der Waals surface area contributed by atoms with E-state index >= 15 is 0 Å². The van der Waals surface area contributed by atoms with Gasteiger partial charge in [0.1, 0.15) is 0 Å². The molecule has 136 valence electrons. The summed E-state index contributed by atoms with van der Waals surface area (Å²) in [6.45, 7) is 2.11. The molecule has 0 bridgehead atoms. The molecule has 0 unspecified atom stereocenters. The van der Waals surface area contributed by atoms with Crippen LogP contribution in [0.1, 0.15) is 68.1 Å². The molecule has 0 aliphatic heterocycles. The lowest BCUT2D eigenvalue weighted by Crippen LogP contribution is -2.15. The number of aryl methyl sites for hydroxylation is 2. The molecule has 1 aromatic rings. The Morgan fingerprint density at radius 1 is 0.920 bits per heavy atom. The summed E-state index contributed by atoms with van der Waals surface area (Å²) in [6.07, 6.45) is 8.44. The average molecular weight is 344 g/mol. The Labute approximate surface area is 149 Å². The summed E-state index contributed by atoms with van der Waals surface area (Å²) in [6, 6.07) is 6.33. The third-order valence-corrected chi connectivity index (χ3v) is 6.31. The van der Waals surface area contributed by atoms with Crippen LogP contribution >= 0.6 is 0 Å². The van der Waals surface area contributed by atoms with Gasteiger partial charge in [-0.25, -0.2) is 0 Å². The first-order valence-electron chi connectivity index (χ1n) is 9.43. The molecule has 0 atom stereocenters. The van der Waals surface area contributed by atoms with E-state index in [0.29, 0.717) is 0 Å². The molecule has 2 N–H and O–H groups in total. The summed E-state index contributed by atoms with van der Waals surface area (Å²) < 4.78 is 0. The van der Waals surface area contributed by atoms with Gasteiger partial charge in [-0.1, -0.05) is 18.2 Å². The van der Waals surface area contributed by atoms with E-state index in [2.05, 4.69) is 25.1 Å². The maximum absolute atomic E-state index is 11.3. The highest BCUT2D eigenvalue weighted by molar-refractivity contribution is 5.78. The van der Waals surface area contributed by atoms with Gasteiger partial charge in [-0.2, -0.15) is 0 Å². The molecular formula is C21H28O4. The van der Waals surface area contributed by atoms with Gasteiger partial charge >= 0.3 is 11.9 Å². The molecule has 1 aromatic carbocycles. The lowest BCUT2D eigenvalue weighted by molar-refractivity contribution is -0.144. The number of carboxylic acid groups (broad SMARTS) is 2. The minimum Gasteiger partial charge on any atom is -0.481 e. The predicted octanol–water partition coefficient (Wildman–Crippen LogP) is 4.37. The molecule has 2 aliphatic carbocycles. The van der Waals surface area contributed by atoms with Crippen LogP contribution in [0.4, 0.5) is 0 Å². The summed E-state index contributed by atoms with van der Waals surface area (Å²) >= 11 is 0. The molecule has 0 amide bonds. The van der Waals surface area contributed by atoms with Crippen molar-refractivity contribution in [1.82, 2.24) is 0 Å². The highest BCUT2D eigenvalue weighted by Gasteiger charge is 2.50. The van der Waals surface area contributed by atoms with Crippen LogP contribution in [0.3, 0.4) is 0 Å². The Hall–Kier alpha value is -1.84. The highest BCUT2D eigenvalue weighted by Crippen LogP contribution is 2.51. The second kappa shape index (κ2) is 6.81. The van der Waals surface area contributed by atoms with E-state index in [1.165, 1.54) is 16.7 Å². The molecule has 2 saturated carbocycles. The molecule has 3 rings (SSSR count). The van der Waals surface area contributed by atoms with Gasteiger partial charge in [0.25, 0.3) is 0 Å². The molecule has 2 fully saturated rings. The Balaban J connectivity index is 1.56. The van der Waals surface area contributed by atoms with E-state index in [1.54, 1.807) is 0 Å². The lowest BCUT2D eigenvalue weighted by atomic mass is 9.90. The normalized spacial score (nSPS) is 19.4. The molecule has 4 nitrogen and oxygen atoms in total. The molecule has 0 spiro atoms. The molecular weight excluding hydrogens is 316 g/mol. The van der Waals surface area contributed by atoms with Gasteiger partial charge in [0.15, 0.2) is 0 Å². The van der Waals surface area contributed by atoms with Crippen LogP contribution in [0.2, 0.25) is 0 Å². The van der Waals surface area contributed by atoms with Crippen LogP contribution < -0.4 is 0 Å². The van der Waals surface area contributed by atoms with Crippen molar-refractivity contribution in [2.24, 2.45) is 10.8 Å². The molecule has 25 heavy (non-hydrogen) atoms. The Morgan fingerprint density at radius 2 is 1.44 bits per heavy atom. The summed E-state index contributed by atoms with van der Waals surface area (Å²) in [4.78, 5) is 22.6. The quantitative estimate of drug-likeness (QED) is 0.661. The first-order chi connectivity index (χ1) is 11.9. The first kappa shape index (κ1) is 18.0. The second-order valence-corrected chi connectivity index (χ2v) is 8.09. The third-order valence-electron chi connectivity index (χ3n) is 6.31. The van der Waals surface area contributed by atoms with Crippen LogP contribution in [-0.4, -0.2) is 22.2 Å². The topological polar surface area (TPSA) is 74.6 Å². The van der Waals surface area contributed by atoms with Gasteiger partial charge in [-0.3, -0.25) is 9.59 Å². The van der Waals surface area contributed by atoms with Crippen LogP contribution in [0.5, 0.6) is 0 Å². The van der Waals surface area contributed by atoms with Gasteiger partial charge in [0.05, 0.1) is 10.8 Å². The number of benzene rings is 1. The number of hydrogen-bond acceptors (Lipinski definition) is 2. The number of carboxylic acids is 2. The van der Waals surface area contributed by atoms with Crippen molar-refractivity contribution < 1.29 is 19.8 Å². The van der Waals surface area contributed by atoms with Crippen molar-refractivity contribution in [3.05, 3.63) is 34.9 Å². The fourth-order valence-electron chi connectivity index (χ4n) is 4.02. The third kappa shape index (κ3) is 3.88. The summed E-state index contributed by atoms with van der Waals surface area (Å²) in [5, 5.41) is 18.6. The Kier molecular flexibility index (Phi) is 4.90. The maximum Gasteiger partial charge on any atom is 0.309 e. The van der Waals surface area contributed by atoms with Crippen molar-refractivity contribution >= 4 is 11.9 Å². The monoisotopic (exact) mass is 344 g/mol. The van der Waals surface area contributed by atoms with Crippen LogP contribution in [0, 0.1) is 17.8 Å². The fourth-order valence-corrected chi connectivity index (χ4v) is 4.02. The van der Waals surface area contributed by atoms with Crippen molar-refractivity contribution in [3.63, 3.8) is 0 Å². The predicted molar refractivity (Wildman–Crippen MR) is 95.7 cm³/mol. The number of aliphatic carboxylic acids is 2. The number of hydrogen-bond donors (Lipinski definition) is 2. The zero-order chi connectivity index (χ0) is 18.1. The molecule has 0 radical (unpaired) electrons. The molecule has 4 heteroatoms. The Morgan fingerprint density at radius 3 is 1.92 bits per heavy atom. The van der Waals surface area contributed by atoms with E-state index in [4.69, 9.17) is 0 Å². The molecule has 2 aliphatic rings. The minimum absolute atomic E-state index is 0.441. The molecule has 0 saturated heterocycles. The maximum atomic E-state index is 11.3. The van der Waals surface area contributed by atoms with Crippen molar-refractivity contribution in [2.75, 3.05) is 0 Å². The molecule has 0 aromatic heterocycles. The van der Waals surface area contributed by atoms with E-state index in [-0.39, 0.29) is 0 Å². The zero-order valence-corrected chi connectivity index (χ0v) is 15.0. The average Bonchev–Trinajstić information content (AvgIpc) is 3.45. The van der Waals surface area contributed by atoms with E-state index in [9.17, 15) is 19.8 Å². The van der Waals surface area contributed by atoms with Gasteiger partial charge in [0, 0.05) is 0 Å². The van der Waals surface area contributed by atoms with Gasteiger partial charge in [0.2, 0.25) is 0 Å². The minimum atomic E-state index is -0.639. The molecule has 0 heterocycles. The standard InChI is InChI=1S/C21H28O4/c1-15-5-2-6-16(7-3-9-20(11-12-20)18(22)23)17(15)8-4-10-21(13-14-21)19(24)25/h2,5-6H,3-4,7-14H2,1H3,(H,22,23)(H,24,25). The van der Waals surface area contributed by atoms with Gasteiger partial charge < -0.3 is 10.2 Å². The van der Waals surface area contributed by atoms with Crippen LogP contribution in [-0.2, 0) is 22.4 Å². The first-order valence-corrected chi connectivity index (χ1v) is 9.43. The second-order valence-electron chi connectivity index (χ2n) is 8.09. The largest absolute Gasteiger partial charge is 0.481 e. The summed E-state index contributed by atoms with van der Waals surface area (Å²) in [5.41, 5.74) is 3.02. The van der Waals surface area contributed by atoms with Crippen molar-refractivity contribution in [1.29, 1.82) is 0 Å². The van der Waals surface area contributed by atoms with E-state index in [1.807, 2.05) is 0 Å². The smallest absolute Gasteiger partial charge is 0.309 e. The lowest BCUT2D eigenvalue weighted by Gasteiger charge is -2.15. The Bertz CT molecular complexity index is 668. The number of rotatable bonds is 10. The summed E-state index contributed by atoms with van der Waals surface area (Å²) in [5.74, 6) is -1.28. The fraction of sp³-hybridized carbons (Fsp3) is 0.619. The van der Waals surface area contributed by atoms with Crippen molar-refractivity contribution in [3.8, 4) is 0 Å².